The molecular weight excluding hydrogens is 176 g/mol. The molecule has 3 N–H and O–H groups in total. The van der Waals surface area contributed by atoms with Crippen LogP contribution < -0.4 is 11.1 Å². The van der Waals surface area contributed by atoms with Gasteiger partial charge in [-0.05, 0) is 26.7 Å². The Hall–Kier alpha value is -1.43. The van der Waals surface area contributed by atoms with Crippen molar-refractivity contribution in [3.05, 3.63) is 12.3 Å². The van der Waals surface area contributed by atoms with Crippen LogP contribution in [0.25, 0.3) is 0 Å². The molecule has 0 aliphatic rings. The lowest BCUT2D eigenvalue weighted by Crippen LogP contribution is -2.14. The summed E-state index contributed by atoms with van der Waals surface area (Å²) in [4.78, 5) is 10.3. The standard InChI is InChI=1S/C11H18N2O/c1-4-11(2,3)7-5-8-13-9-6-10(12)14/h1,6,9,13H,5,7-8H2,2-3H3,(H2,12,14)/b9-6-. The third-order valence-electron chi connectivity index (χ3n) is 1.88. The van der Waals surface area contributed by atoms with Crippen molar-refractivity contribution in [2.45, 2.75) is 26.7 Å². The maximum Gasteiger partial charge on any atom is 0.242 e. The second-order valence-corrected chi connectivity index (χ2v) is 3.82. The molecular formula is C11H18N2O. The molecule has 0 aromatic carbocycles. The molecule has 14 heavy (non-hydrogen) atoms. The van der Waals surface area contributed by atoms with Crippen LogP contribution in [-0.2, 0) is 4.79 Å². The number of amides is 1. The SMILES string of the molecule is C#CC(C)(C)CCCN/C=C\C(N)=O. The molecule has 0 heterocycles. The van der Waals surface area contributed by atoms with Crippen LogP contribution in [0.4, 0.5) is 0 Å². The highest BCUT2D eigenvalue weighted by Crippen LogP contribution is 2.19. The van der Waals surface area contributed by atoms with Gasteiger partial charge in [-0.25, -0.2) is 0 Å². The van der Waals surface area contributed by atoms with Crippen molar-refractivity contribution in [3.8, 4) is 12.3 Å². The second kappa shape index (κ2) is 6.09. The van der Waals surface area contributed by atoms with Crippen molar-refractivity contribution in [2.24, 2.45) is 11.1 Å². The van der Waals surface area contributed by atoms with Gasteiger partial charge in [0.05, 0.1) is 0 Å². The smallest absolute Gasteiger partial charge is 0.242 e. The molecule has 0 rings (SSSR count). The Kier molecular flexibility index (Phi) is 5.47. The van der Waals surface area contributed by atoms with Crippen LogP contribution in [0.2, 0.25) is 0 Å². The van der Waals surface area contributed by atoms with E-state index < -0.39 is 5.91 Å². The van der Waals surface area contributed by atoms with Crippen molar-refractivity contribution < 1.29 is 4.79 Å². The Morgan fingerprint density at radius 3 is 2.79 bits per heavy atom. The van der Waals surface area contributed by atoms with Crippen molar-refractivity contribution in [1.29, 1.82) is 0 Å². The molecule has 0 saturated carbocycles. The van der Waals surface area contributed by atoms with Crippen LogP contribution in [0.3, 0.4) is 0 Å². The van der Waals surface area contributed by atoms with Crippen LogP contribution in [-0.4, -0.2) is 12.5 Å². The number of terminal acetylenes is 1. The van der Waals surface area contributed by atoms with Gasteiger partial charge in [-0.15, -0.1) is 12.3 Å². The van der Waals surface area contributed by atoms with Gasteiger partial charge < -0.3 is 11.1 Å². The first-order valence-electron chi connectivity index (χ1n) is 4.65. The van der Waals surface area contributed by atoms with Crippen LogP contribution in [0.1, 0.15) is 26.7 Å². The first-order chi connectivity index (χ1) is 6.48. The van der Waals surface area contributed by atoms with Gasteiger partial charge in [0.25, 0.3) is 0 Å². The monoisotopic (exact) mass is 194 g/mol. The van der Waals surface area contributed by atoms with Crippen LogP contribution in [0.5, 0.6) is 0 Å². The average Bonchev–Trinajstić information content (AvgIpc) is 2.10. The van der Waals surface area contributed by atoms with Gasteiger partial charge in [-0.3, -0.25) is 4.79 Å². The molecule has 0 unspecified atom stereocenters. The quantitative estimate of drug-likeness (QED) is 0.377. The van der Waals surface area contributed by atoms with Crippen molar-refractivity contribution in [1.82, 2.24) is 5.32 Å². The summed E-state index contributed by atoms with van der Waals surface area (Å²) >= 11 is 0. The van der Waals surface area contributed by atoms with E-state index in [4.69, 9.17) is 12.2 Å². The van der Waals surface area contributed by atoms with Crippen molar-refractivity contribution >= 4 is 5.91 Å². The maximum atomic E-state index is 10.3. The first kappa shape index (κ1) is 12.6. The van der Waals surface area contributed by atoms with E-state index in [0.29, 0.717) is 0 Å². The molecule has 0 aliphatic heterocycles. The van der Waals surface area contributed by atoms with Gasteiger partial charge in [-0.2, -0.15) is 0 Å². The van der Waals surface area contributed by atoms with E-state index in [-0.39, 0.29) is 5.41 Å². The Morgan fingerprint density at radius 2 is 2.29 bits per heavy atom. The molecule has 1 amide bonds. The zero-order valence-corrected chi connectivity index (χ0v) is 8.84. The number of nitrogens with two attached hydrogens (primary N) is 1. The Labute approximate surface area is 85.7 Å². The summed E-state index contributed by atoms with van der Waals surface area (Å²) in [7, 11) is 0. The highest BCUT2D eigenvalue weighted by molar-refractivity contribution is 5.85. The molecule has 3 heteroatoms. The summed E-state index contributed by atoms with van der Waals surface area (Å²) in [6.45, 7) is 4.87. The molecule has 0 atom stereocenters. The number of hydrogen-bond acceptors (Lipinski definition) is 2. The van der Waals surface area contributed by atoms with Crippen LogP contribution >= 0.6 is 0 Å². The summed E-state index contributed by atoms with van der Waals surface area (Å²) in [5.74, 6) is 2.29. The third kappa shape index (κ3) is 7.23. The predicted molar refractivity (Wildman–Crippen MR) is 58.2 cm³/mol. The van der Waals surface area contributed by atoms with Crippen LogP contribution in [0, 0.1) is 17.8 Å². The molecule has 0 spiro atoms. The second-order valence-electron chi connectivity index (χ2n) is 3.82. The fourth-order valence-electron chi connectivity index (χ4n) is 0.929. The molecule has 0 radical (unpaired) electrons. The lowest BCUT2D eigenvalue weighted by molar-refractivity contribution is -0.113. The zero-order valence-electron chi connectivity index (χ0n) is 8.84. The Balaban J connectivity index is 3.49. The van der Waals surface area contributed by atoms with Crippen molar-refractivity contribution in [2.75, 3.05) is 6.54 Å². The van der Waals surface area contributed by atoms with E-state index in [2.05, 4.69) is 11.2 Å². The van der Waals surface area contributed by atoms with E-state index in [0.717, 1.165) is 19.4 Å². The third-order valence-corrected chi connectivity index (χ3v) is 1.88. The highest BCUT2D eigenvalue weighted by Gasteiger charge is 2.12. The van der Waals surface area contributed by atoms with Gasteiger partial charge in [0.1, 0.15) is 0 Å². The summed E-state index contributed by atoms with van der Waals surface area (Å²) in [5.41, 5.74) is 4.86. The van der Waals surface area contributed by atoms with Gasteiger partial charge >= 0.3 is 0 Å². The molecule has 0 bridgehead atoms. The summed E-state index contributed by atoms with van der Waals surface area (Å²) < 4.78 is 0. The van der Waals surface area contributed by atoms with E-state index in [1.807, 2.05) is 13.8 Å². The summed E-state index contributed by atoms with van der Waals surface area (Å²) in [6, 6.07) is 0. The Bertz CT molecular complexity index is 249. The first-order valence-corrected chi connectivity index (χ1v) is 4.65. The van der Waals surface area contributed by atoms with Gasteiger partial charge in [-0.1, -0.05) is 0 Å². The summed E-state index contributed by atoms with van der Waals surface area (Å²) in [5, 5.41) is 2.96. The average molecular weight is 194 g/mol. The minimum absolute atomic E-state index is 0.0465. The topological polar surface area (TPSA) is 55.1 Å². The number of hydrogen-bond donors (Lipinski definition) is 2. The number of primary amides is 1. The van der Waals surface area contributed by atoms with E-state index in [1.54, 1.807) is 6.20 Å². The molecule has 0 fully saturated rings. The van der Waals surface area contributed by atoms with Gasteiger partial charge in [0.2, 0.25) is 5.91 Å². The number of carbonyl (C=O) groups excluding carboxylic acids is 1. The lowest BCUT2D eigenvalue weighted by atomic mass is 9.89. The number of carbonyl (C=O) groups is 1. The molecule has 0 aromatic heterocycles. The van der Waals surface area contributed by atoms with Gasteiger partial charge in [0, 0.05) is 24.2 Å². The normalized spacial score (nSPS) is 11.2. The van der Waals surface area contributed by atoms with Gasteiger partial charge in [0.15, 0.2) is 0 Å². The van der Waals surface area contributed by atoms with E-state index >= 15 is 0 Å². The van der Waals surface area contributed by atoms with E-state index in [1.165, 1.54) is 6.08 Å². The lowest BCUT2D eigenvalue weighted by Gasteiger charge is -2.16. The fraction of sp³-hybridized carbons (Fsp3) is 0.545. The molecule has 0 saturated heterocycles. The van der Waals surface area contributed by atoms with Crippen LogP contribution in [0.15, 0.2) is 12.3 Å². The predicted octanol–water partition coefficient (Wildman–Crippen LogP) is 1.01. The van der Waals surface area contributed by atoms with E-state index in [9.17, 15) is 4.79 Å². The van der Waals surface area contributed by atoms with Crippen molar-refractivity contribution in [3.63, 3.8) is 0 Å². The molecule has 0 aromatic rings. The largest absolute Gasteiger partial charge is 0.391 e. The molecule has 78 valence electrons. The highest BCUT2D eigenvalue weighted by atomic mass is 16.1. The molecule has 3 nitrogen and oxygen atoms in total. The summed E-state index contributed by atoms with van der Waals surface area (Å²) in [6.07, 6.45) is 10.1. The fourth-order valence-corrected chi connectivity index (χ4v) is 0.929. The minimum Gasteiger partial charge on any atom is -0.391 e. The number of rotatable bonds is 6. The maximum absolute atomic E-state index is 10.3. The Morgan fingerprint density at radius 1 is 1.64 bits per heavy atom. The molecule has 0 aliphatic carbocycles. The number of nitrogens with one attached hydrogen (secondary N) is 1. The zero-order chi connectivity index (χ0) is 11.0. The minimum atomic E-state index is -0.443.